The summed E-state index contributed by atoms with van der Waals surface area (Å²) in [5.41, 5.74) is 0.708. The van der Waals surface area contributed by atoms with Crippen LogP contribution in [0.3, 0.4) is 0 Å². The zero-order chi connectivity index (χ0) is 44.8. The average molecular weight is 840 g/mol. The molecule has 1 aliphatic carbocycles. The van der Waals surface area contributed by atoms with Crippen LogP contribution in [0.5, 0.6) is 0 Å². The van der Waals surface area contributed by atoms with Crippen molar-refractivity contribution in [2.24, 2.45) is 29.6 Å². The van der Waals surface area contributed by atoms with Gasteiger partial charge in [-0.25, -0.2) is 0 Å². The normalized spacial score (nSPS) is 21.4. The summed E-state index contributed by atoms with van der Waals surface area (Å²) in [5.74, 6) is -0.641. The molecule has 1 unspecified atom stereocenters. The van der Waals surface area contributed by atoms with Crippen molar-refractivity contribution in [1.29, 1.82) is 0 Å². The number of nitrogens with zero attached hydrogens (tertiary/aromatic N) is 3. The number of hydrogen-bond acceptors (Lipinski definition) is 9. The number of aliphatic hydroxyl groups excluding tert-OH is 1. The lowest BCUT2D eigenvalue weighted by molar-refractivity contribution is -0.148. The second kappa shape index (κ2) is 24.0. The van der Waals surface area contributed by atoms with Gasteiger partial charge < -0.3 is 39.8 Å². The first-order chi connectivity index (χ1) is 28.4. The van der Waals surface area contributed by atoms with Crippen LogP contribution >= 0.6 is 0 Å². The van der Waals surface area contributed by atoms with E-state index < -0.39 is 48.4 Å². The minimum Gasteiger partial charge on any atom is -0.497 e. The van der Waals surface area contributed by atoms with Gasteiger partial charge in [0.05, 0.1) is 61.9 Å². The molecule has 13 nitrogen and oxygen atoms in total. The van der Waals surface area contributed by atoms with Gasteiger partial charge in [0.2, 0.25) is 23.6 Å². The summed E-state index contributed by atoms with van der Waals surface area (Å²) in [6, 6.07) is 6.58. The van der Waals surface area contributed by atoms with E-state index in [0.717, 1.165) is 25.0 Å². The number of ether oxygens (including phenoxy) is 3. The fraction of sp³-hybridized carbons (Fsp3) is 0.702. The Hall–Kier alpha value is -3.78. The number of nitrogens with one attached hydrogen (secondary N) is 2. The molecule has 11 atom stereocenters. The van der Waals surface area contributed by atoms with Crippen molar-refractivity contribution in [2.75, 3.05) is 48.5 Å². The molecule has 0 spiro atoms. The van der Waals surface area contributed by atoms with E-state index in [1.807, 2.05) is 71.2 Å². The largest absolute Gasteiger partial charge is 0.497 e. The molecule has 3 N–H and O–H groups in total. The first-order valence-electron chi connectivity index (χ1n) is 22.0. The first kappa shape index (κ1) is 50.6. The molecule has 60 heavy (non-hydrogen) atoms. The van der Waals surface area contributed by atoms with Crippen molar-refractivity contribution >= 4 is 23.6 Å². The van der Waals surface area contributed by atoms with Crippen molar-refractivity contribution in [3.63, 3.8) is 0 Å². The summed E-state index contributed by atoms with van der Waals surface area (Å²) in [4.78, 5) is 62.1. The third-order valence-electron chi connectivity index (χ3n) is 12.8. The molecule has 13 heteroatoms. The number of rotatable bonds is 23. The molecule has 1 fully saturated rings. The molecule has 338 valence electrons. The van der Waals surface area contributed by atoms with Gasteiger partial charge in [0.1, 0.15) is 11.8 Å². The fourth-order valence-corrected chi connectivity index (χ4v) is 9.08. The molecule has 0 bridgehead atoms. The zero-order valence-electron chi connectivity index (χ0n) is 38.7. The van der Waals surface area contributed by atoms with Gasteiger partial charge in [-0.3, -0.25) is 24.1 Å². The van der Waals surface area contributed by atoms with E-state index in [4.69, 9.17) is 14.2 Å². The number of likely N-dealkylation sites (N-methyl/N-ethyl adjacent to an activating group) is 2. The maximum Gasteiger partial charge on any atom is 0.245 e. The van der Waals surface area contributed by atoms with E-state index >= 15 is 0 Å². The molecule has 3 rings (SSSR count). The Kier molecular flexibility index (Phi) is 20.2. The van der Waals surface area contributed by atoms with Crippen molar-refractivity contribution in [3.05, 3.63) is 59.9 Å². The van der Waals surface area contributed by atoms with Gasteiger partial charge >= 0.3 is 0 Å². The van der Waals surface area contributed by atoms with Crippen LogP contribution < -0.4 is 10.6 Å². The van der Waals surface area contributed by atoms with Crippen LogP contribution in [0.1, 0.15) is 99.2 Å². The van der Waals surface area contributed by atoms with Crippen molar-refractivity contribution in [3.8, 4) is 0 Å². The van der Waals surface area contributed by atoms with Crippen LogP contribution in [-0.4, -0.2) is 134 Å². The van der Waals surface area contributed by atoms with Gasteiger partial charge in [-0.05, 0) is 74.6 Å². The number of benzene rings is 1. The number of carbonyl (C=O) groups is 4. The van der Waals surface area contributed by atoms with Gasteiger partial charge in [0, 0.05) is 34.4 Å². The van der Waals surface area contributed by atoms with Gasteiger partial charge in [-0.15, -0.1) is 0 Å². The van der Waals surface area contributed by atoms with E-state index in [9.17, 15) is 24.3 Å². The molecule has 0 aromatic heterocycles. The predicted octanol–water partition coefficient (Wildman–Crippen LogP) is 5.35. The lowest BCUT2D eigenvalue weighted by atomic mass is 9.89. The van der Waals surface area contributed by atoms with Gasteiger partial charge in [-0.2, -0.15) is 0 Å². The highest BCUT2D eigenvalue weighted by molar-refractivity contribution is 5.90. The van der Waals surface area contributed by atoms with Gasteiger partial charge in [0.15, 0.2) is 0 Å². The molecule has 0 saturated carbocycles. The highest BCUT2D eigenvalue weighted by atomic mass is 16.5. The van der Waals surface area contributed by atoms with Crippen LogP contribution in [0.4, 0.5) is 0 Å². The lowest BCUT2D eigenvalue weighted by Gasteiger charge is -2.41. The number of hydrogen-bond donors (Lipinski definition) is 3. The third kappa shape index (κ3) is 13.1. The Balaban J connectivity index is 1.75. The first-order valence-corrected chi connectivity index (χ1v) is 22.0. The molecule has 1 aromatic carbocycles. The van der Waals surface area contributed by atoms with Crippen LogP contribution in [0.2, 0.25) is 0 Å². The molecule has 1 saturated heterocycles. The summed E-state index contributed by atoms with van der Waals surface area (Å²) in [7, 11) is 8.49. The molecule has 4 amide bonds. The Labute approximate surface area is 360 Å². The summed E-state index contributed by atoms with van der Waals surface area (Å²) < 4.78 is 17.4. The molecule has 1 heterocycles. The molecule has 1 aromatic rings. The summed E-state index contributed by atoms with van der Waals surface area (Å²) >= 11 is 0. The van der Waals surface area contributed by atoms with Gasteiger partial charge in [0.25, 0.3) is 0 Å². The Bertz CT molecular complexity index is 1590. The molecular weight excluding hydrogens is 763 g/mol. The van der Waals surface area contributed by atoms with Crippen LogP contribution in [0.25, 0.3) is 0 Å². The SMILES string of the molecule is CC[C@H](C)[C@@H]([C@@H](CC(=O)N1CCC[C@H]1[C@H](OC)[C@@H](C)C(=O)N[C@H](C)[C@@H](O)c1ccccc1)OC)N(C)C(=O)[C@@H](NC(=O)[C@H](C(C)C)N(C)CC1C=CC(OC)=CC1)C(C)C. The fourth-order valence-electron chi connectivity index (χ4n) is 9.08. The maximum absolute atomic E-state index is 14.6. The average Bonchev–Trinajstić information content (AvgIpc) is 3.72. The topological polar surface area (TPSA) is 150 Å². The quantitative estimate of drug-likeness (QED) is 0.133. The van der Waals surface area contributed by atoms with Crippen LogP contribution in [0.15, 0.2) is 54.3 Å². The van der Waals surface area contributed by atoms with Crippen LogP contribution in [-0.2, 0) is 33.4 Å². The highest BCUT2D eigenvalue weighted by Gasteiger charge is 2.43. The van der Waals surface area contributed by atoms with Crippen LogP contribution in [0, 0.1) is 29.6 Å². The molecule has 0 radical (unpaired) electrons. The summed E-state index contributed by atoms with van der Waals surface area (Å²) in [6.45, 7) is 16.7. The van der Waals surface area contributed by atoms with Crippen molar-refractivity contribution in [1.82, 2.24) is 25.3 Å². The smallest absolute Gasteiger partial charge is 0.245 e. The maximum atomic E-state index is 14.6. The Morgan fingerprint density at radius 1 is 0.917 bits per heavy atom. The summed E-state index contributed by atoms with van der Waals surface area (Å²) in [5, 5.41) is 17.0. The zero-order valence-corrected chi connectivity index (χ0v) is 38.7. The van der Waals surface area contributed by atoms with Gasteiger partial charge in [-0.1, -0.05) is 91.3 Å². The monoisotopic (exact) mass is 840 g/mol. The number of allylic oxidation sites excluding steroid dienone is 2. The second-order valence-corrected chi connectivity index (χ2v) is 17.8. The highest BCUT2D eigenvalue weighted by Crippen LogP contribution is 2.30. The number of likely N-dealkylation sites (tertiary alicyclic amines) is 1. The second-order valence-electron chi connectivity index (χ2n) is 17.8. The van der Waals surface area contributed by atoms with E-state index in [1.165, 1.54) is 0 Å². The van der Waals surface area contributed by atoms with E-state index in [0.29, 0.717) is 25.1 Å². The van der Waals surface area contributed by atoms with Crippen molar-refractivity contribution < 1.29 is 38.5 Å². The lowest BCUT2D eigenvalue weighted by Crippen LogP contribution is -2.60. The number of carbonyl (C=O) groups excluding carboxylic acids is 4. The van der Waals surface area contributed by atoms with E-state index in [2.05, 4.69) is 41.5 Å². The molecule has 2 aliphatic rings. The predicted molar refractivity (Wildman–Crippen MR) is 235 cm³/mol. The standard InChI is InChI=1S/C47H77N5O8/c1-14-31(6)42(51(10)47(57)40(29(2)3)49-46(56)41(30(4)5)50(9)28-34-22-24-36(58-11)25-23-34)38(59-12)27-39(53)52-26-18-21-37(52)44(60-13)32(7)45(55)48-33(8)43(54)35-19-16-15-17-20-35/h15-17,19-20,22,24-25,29-34,37-38,40-44,54H,14,18,21,23,26-28H2,1-13H3,(H,48,55)(H,49,56)/t31-,32+,33+,34?,37-,38+,40-,41-,42-,43+,44+/m0/s1. The Morgan fingerprint density at radius 2 is 1.58 bits per heavy atom. The number of amides is 4. The van der Waals surface area contributed by atoms with E-state index in [1.54, 1.807) is 52.0 Å². The van der Waals surface area contributed by atoms with E-state index in [-0.39, 0.29) is 59.8 Å². The number of aliphatic hydroxyl groups is 1. The third-order valence-corrected chi connectivity index (χ3v) is 12.8. The Morgan fingerprint density at radius 3 is 2.12 bits per heavy atom. The molecular formula is C47H77N5O8. The number of methoxy groups -OCH3 is 3. The minimum atomic E-state index is -0.884. The summed E-state index contributed by atoms with van der Waals surface area (Å²) in [6.07, 6.45) is 7.02. The van der Waals surface area contributed by atoms with Crippen molar-refractivity contribution in [2.45, 2.75) is 136 Å². The minimum absolute atomic E-state index is 0.00868. The molecule has 1 aliphatic heterocycles.